The summed E-state index contributed by atoms with van der Waals surface area (Å²) in [4.78, 5) is 25.3. The Balaban J connectivity index is 1.83. The van der Waals surface area contributed by atoms with Crippen LogP contribution in [0.25, 0.3) is 0 Å². The van der Waals surface area contributed by atoms with Gasteiger partial charge in [0, 0.05) is 26.2 Å². The lowest BCUT2D eigenvalue weighted by Gasteiger charge is -2.21. The lowest BCUT2D eigenvalue weighted by molar-refractivity contribution is -0.146. The zero-order chi connectivity index (χ0) is 12.3. The van der Waals surface area contributed by atoms with E-state index in [4.69, 9.17) is 5.73 Å². The van der Waals surface area contributed by atoms with Crippen LogP contribution in [0.3, 0.4) is 0 Å². The second-order valence-electron chi connectivity index (χ2n) is 5.14. The summed E-state index contributed by atoms with van der Waals surface area (Å²) < 4.78 is 0. The van der Waals surface area contributed by atoms with Crippen LogP contribution in [-0.4, -0.2) is 42.9 Å². The Kier molecular flexibility index (Phi) is 3.99. The fourth-order valence-electron chi connectivity index (χ4n) is 1.87. The second kappa shape index (κ2) is 5.49. The first-order valence-corrected chi connectivity index (χ1v) is 6.48. The highest BCUT2D eigenvalue weighted by Crippen LogP contribution is 2.33. The zero-order valence-corrected chi connectivity index (χ0v) is 10.2. The fourth-order valence-corrected chi connectivity index (χ4v) is 1.87. The number of nitrogens with one attached hydrogen (secondary N) is 1. The van der Waals surface area contributed by atoms with Gasteiger partial charge < -0.3 is 16.0 Å². The zero-order valence-electron chi connectivity index (χ0n) is 10.2. The van der Waals surface area contributed by atoms with Gasteiger partial charge in [-0.1, -0.05) is 0 Å². The summed E-state index contributed by atoms with van der Waals surface area (Å²) >= 11 is 0. The second-order valence-corrected chi connectivity index (χ2v) is 5.14. The molecule has 5 nitrogen and oxygen atoms in total. The summed E-state index contributed by atoms with van der Waals surface area (Å²) in [5, 5.41) is 2.54. The van der Waals surface area contributed by atoms with E-state index in [-0.39, 0.29) is 5.91 Å². The third-order valence-electron chi connectivity index (χ3n) is 3.26. The highest BCUT2D eigenvalue weighted by molar-refractivity contribution is 6.35. The van der Waals surface area contributed by atoms with Gasteiger partial charge >= 0.3 is 11.8 Å². The van der Waals surface area contributed by atoms with Gasteiger partial charge in [-0.25, -0.2) is 0 Å². The van der Waals surface area contributed by atoms with Gasteiger partial charge in [0.2, 0.25) is 0 Å². The van der Waals surface area contributed by atoms with Gasteiger partial charge in [-0.3, -0.25) is 9.59 Å². The number of carbonyl (C=O) groups excluding carboxylic acids is 2. The van der Waals surface area contributed by atoms with E-state index in [1.165, 1.54) is 25.7 Å². The molecule has 0 spiro atoms. The van der Waals surface area contributed by atoms with Gasteiger partial charge in [0.1, 0.15) is 0 Å². The lowest BCUT2D eigenvalue weighted by Crippen LogP contribution is -2.45. The summed E-state index contributed by atoms with van der Waals surface area (Å²) in [7, 11) is 0. The van der Waals surface area contributed by atoms with E-state index < -0.39 is 5.91 Å². The van der Waals surface area contributed by atoms with E-state index in [0.29, 0.717) is 24.9 Å². The Hall–Kier alpha value is -1.10. The topological polar surface area (TPSA) is 75.4 Å². The number of amides is 2. The monoisotopic (exact) mass is 239 g/mol. The van der Waals surface area contributed by atoms with Crippen molar-refractivity contribution in [2.45, 2.75) is 25.7 Å². The van der Waals surface area contributed by atoms with E-state index >= 15 is 0 Å². The summed E-state index contributed by atoms with van der Waals surface area (Å²) in [6.45, 7) is 2.24. The van der Waals surface area contributed by atoms with Crippen LogP contribution in [0.5, 0.6) is 0 Å². The molecule has 0 aromatic heterocycles. The van der Waals surface area contributed by atoms with E-state index in [2.05, 4.69) is 5.32 Å². The Morgan fingerprint density at radius 2 is 1.65 bits per heavy atom. The molecular weight excluding hydrogens is 218 g/mol. The Morgan fingerprint density at radius 3 is 2.06 bits per heavy atom. The molecule has 0 unspecified atom stereocenters. The van der Waals surface area contributed by atoms with Crippen molar-refractivity contribution in [2.24, 2.45) is 17.6 Å². The molecule has 0 saturated heterocycles. The van der Waals surface area contributed by atoms with Crippen molar-refractivity contribution in [1.82, 2.24) is 10.2 Å². The van der Waals surface area contributed by atoms with Crippen LogP contribution in [0.1, 0.15) is 25.7 Å². The number of rotatable bonds is 6. The van der Waals surface area contributed by atoms with Crippen molar-refractivity contribution in [2.75, 3.05) is 26.2 Å². The van der Waals surface area contributed by atoms with Gasteiger partial charge in [-0.05, 0) is 37.5 Å². The minimum atomic E-state index is -0.503. The number of hydrogen-bond acceptors (Lipinski definition) is 3. The summed E-state index contributed by atoms with van der Waals surface area (Å²) in [5.41, 5.74) is 5.29. The molecule has 5 heteroatoms. The third-order valence-corrected chi connectivity index (χ3v) is 3.26. The van der Waals surface area contributed by atoms with E-state index in [9.17, 15) is 9.59 Å². The van der Waals surface area contributed by atoms with E-state index in [1.54, 1.807) is 4.90 Å². The first kappa shape index (κ1) is 12.4. The molecule has 2 amide bonds. The molecule has 0 aromatic rings. The average Bonchev–Trinajstić information content (AvgIpc) is 3.18. The fraction of sp³-hybridized carbons (Fsp3) is 0.833. The van der Waals surface area contributed by atoms with Crippen molar-refractivity contribution in [3.05, 3.63) is 0 Å². The molecule has 17 heavy (non-hydrogen) atoms. The van der Waals surface area contributed by atoms with Crippen LogP contribution >= 0.6 is 0 Å². The lowest BCUT2D eigenvalue weighted by atomic mass is 10.3. The average molecular weight is 239 g/mol. The molecule has 2 rings (SSSR count). The molecule has 2 aliphatic carbocycles. The molecule has 0 atom stereocenters. The minimum absolute atomic E-state index is 0.365. The molecule has 2 saturated carbocycles. The quantitative estimate of drug-likeness (QED) is 0.625. The molecule has 3 N–H and O–H groups in total. The van der Waals surface area contributed by atoms with Crippen molar-refractivity contribution in [3.63, 3.8) is 0 Å². The Bertz CT molecular complexity index is 284. The highest BCUT2D eigenvalue weighted by Gasteiger charge is 2.33. The van der Waals surface area contributed by atoms with E-state index in [0.717, 1.165) is 13.1 Å². The van der Waals surface area contributed by atoms with Crippen LogP contribution in [0.15, 0.2) is 0 Å². The molecule has 2 fully saturated rings. The summed E-state index contributed by atoms with van der Waals surface area (Å²) in [5.74, 6) is 0.369. The van der Waals surface area contributed by atoms with Gasteiger partial charge in [0.15, 0.2) is 0 Å². The van der Waals surface area contributed by atoms with Gasteiger partial charge in [-0.15, -0.1) is 0 Å². The number of carbonyl (C=O) groups is 2. The smallest absolute Gasteiger partial charge is 0.311 e. The normalized spacial score (nSPS) is 18.9. The first-order chi connectivity index (χ1) is 8.20. The molecule has 0 radical (unpaired) electrons. The number of hydrogen-bond donors (Lipinski definition) is 2. The third kappa shape index (κ3) is 4.00. The maximum atomic E-state index is 11.9. The molecule has 0 heterocycles. The van der Waals surface area contributed by atoms with Crippen molar-refractivity contribution in [1.29, 1.82) is 0 Å². The van der Waals surface area contributed by atoms with Crippen LogP contribution in [0.4, 0.5) is 0 Å². The summed E-state index contributed by atoms with van der Waals surface area (Å²) in [6.07, 6.45) is 4.77. The highest BCUT2D eigenvalue weighted by atomic mass is 16.2. The van der Waals surface area contributed by atoms with E-state index in [1.807, 2.05) is 0 Å². The Labute approximate surface area is 102 Å². The van der Waals surface area contributed by atoms with Crippen molar-refractivity contribution in [3.8, 4) is 0 Å². The van der Waals surface area contributed by atoms with Gasteiger partial charge in [-0.2, -0.15) is 0 Å². The maximum absolute atomic E-state index is 11.9. The SMILES string of the molecule is NCCNC(=O)C(=O)N(CC1CC1)CC1CC1. The number of nitrogens with zero attached hydrogens (tertiary/aromatic N) is 1. The van der Waals surface area contributed by atoms with Crippen LogP contribution in [-0.2, 0) is 9.59 Å². The Morgan fingerprint density at radius 1 is 1.12 bits per heavy atom. The molecule has 0 bridgehead atoms. The molecular formula is C12H21N3O2. The molecule has 0 aliphatic heterocycles. The van der Waals surface area contributed by atoms with Crippen molar-refractivity contribution >= 4 is 11.8 Å². The summed E-state index contributed by atoms with van der Waals surface area (Å²) in [6, 6.07) is 0. The van der Waals surface area contributed by atoms with Crippen LogP contribution in [0, 0.1) is 11.8 Å². The predicted octanol–water partition coefficient (Wildman–Crippen LogP) is -0.290. The standard InChI is InChI=1S/C12H21N3O2/c13-5-6-14-11(16)12(17)15(7-9-1-2-9)8-10-3-4-10/h9-10H,1-8,13H2,(H,14,16). The molecule has 96 valence electrons. The van der Waals surface area contributed by atoms with Crippen LogP contribution in [0.2, 0.25) is 0 Å². The molecule has 0 aromatic carbocycles. The van der Waals surface area contributed by atoms with Gasteiger partial charge in [0.05, 0.1) is 0 Å². The largest absolute Gasteiger partial charge is 0.347 e. The van der Waals surface area contributed by atoms with Crippen molar-refractivity contribution < 1.29 is 9.59 Å². The van der Waals surface area contributed by atoms with Gasteiger partial charge in [0.25, 0.3) is 0 Å². The maximum Gasteiger partial charge on any atom is 0.311 e. The minimum Gasteiger partial charge on any atom is -0.347 e. The number of nitrogens with two attached hydrogens (primary N) is 1. The predicted molar refractivity (Wildman–Crippen MR) is 64.1 cm³/mol. The first-order valence-electron chi connectivity index (χ1n) is 6.48. The van der Waals surface area contributed by atoms with Crippen LogP contribution < -0.4 is 11.1 Å². The molecule has 2 aliphatic rings.